The van der Waals surface area contributed by atoms with E-state index in [1.165, 1.54) is 11.3 Å². The normalized spacial score (nSPS) is 15.1. The van der Waals surface area contributed by atoms with E-state index in [9.17, 15) is 4.79 Å². The van der Waals surface area contributed by atoms with Crippen LogP contribution in [0.3, 0.4) is 0 Å². The van der Waals surface area contributed by atoms with Gasteiger partial charge in [-0.25, -0.2) is 4.98 Å². The molecule has 2 rings (SSSR count). The van der Waals surface area contributed by atoms with Gasteiger partial charge in [0.2, 0.25) is 5.91 Å². The van der Waals surface area contributed by atoms with Crippen molar-refractivity contribution in [1.29, 1.82) is 0 Å². The molecule has 1 aliphatic carbocycles. The van der Waals surface area contributed by atoms with Gasteiger partial charge in [0, 0.05) is 18.0 Å². The molecule has 0 spiro atoms. The third kappa shape index (κ3) is 3.70. The van der Waals surface area contributed by atoms with Crippen molar-refractivity contribution in [2.24, 2.45) is 5.92 Å². The molecule has 0 aliphatic heterocycles. The highest BCUT2D eigenvalue weighted by molar-refractivity contribution is 7.13. The predicted octanol–water partition coefficient (Wildman–Crippen LogP) is 2.30. The Hall–Kier alpha value is -1.10. The first-order valence-electron chi connectivity index (χ1n) is 6.55. The van der Waals surface area contributed by atoms with E-state index < -0.39 is 0 Å². The van der Waals surface area contributed by atoms with Gasteiger partial charge in [0.15, 0.2) is 5.13 Å². The van der Waals surface area contributed by atoms with Crippen LogP contribution < -0.4 is 5.73 Å². The fourth-order valence-corrected chi connectivity index (χ4v) is 2.52. The topological polar surface area (TPSA) is 59.2 Å². The molecule has 1 heterocycles. The number of nitrogen functional groups attached to an aromatic ring is 1. The van der Waals surface area contributed by atoms with Crippen molar-refractivity contribution in [3.05, 3.63) is 11.1 Å². The van der Waals surface area contributed by atoms with Gasteiger partial charge < -0.3 is 10.6 Å². The number of nitrogens with two attached hydrogens (primary N) is 1. The van der Waals surface area contributed by atoms with Crippen molar-refractivity contribution in [3.63, 3.8) is 0 Å². The summed E-state index contributed by atoms with van der Waals surface area (Å²) < 4.78 is 0. The van der Waals surface area contributed by atoms with Gasteiger partial charge in [-0.2, -0.15) is 0 Å². The molecule has 0 saturated heterocycles. The molecule has 1 aromatic rings. The van der Waals surface area contributed by atoms with Gasteiger partial charge in [0.1, 0.15) is 0 Å². The van der Waals surface area contributed by atoms with Crippen LogP contribution in [0.5, 0.6) is 0 Å². The van der Waals surface area contributed by atoms with Crippen LogP contribution in [0.25, 0.3) is 0 Å². The summed E-state index contributed by atoms with van der Waals surface area (Å²) in [6.45, 7) is 5.26. The summed E-state index contributed by atoms with van der Waals surface area (Å²) in [7, 11) is 0. The van der Waals surface area contributed by atoms with Crippen LogP contribution in [0.4, 0.5) is 5.13 Å². The van der Waals surface area contributed by atoms with E-state index in [0.29, 0.717) is 23.5 Å². The van der Waals surface area contributed by atoms with Crippen molar-refractivity contribution in [2.75, 3.05) is 12.3 Å². The van der Waals surface area contributed by atoms with Crippen molar-refractivity contribution < 1.29 is 4.79 Å². The van der Waals surface area contributed by atoms with Crippen molar-refractivity contribution >= 4 is 22.4 Å². The lowest BCUT2D eigenvalue weighted by Crippen LogP contribution is -2.35. The van der Waals surface area contributed by atoms with Crippen LogP contribution in [-0.2, 0) is 11.2 Å². The smallest absolute Gasteiger partial charge is 0.228 e. The number of amides is 1. The summed E-state index contributed by atoms with van der Waals surface area (Å²) in [5.74, 6) is 0.831. The minimum Gasteiger partial charge on any atom is -0.375 e. The van der Waals surface area contributed by atoms with Crippen LogP contribution in [0.15, 0.2) is 5.38 Å². The maximum absolute atomic E-state index is 12.3. The molecule has 0 radical (unpaired) electrons. The first-order chi connectivity index (χ1) is 8.56. The lowest BCUT2D eigenvalue weighted by Gasteiger charge is -2.23. The van der Waals surface area contributed by atoms with E-state index in [1.54, 1.807) is 0 Å². The quantitative estimate of drug-likeness (QED) is 0.860. The summed E-state index contributed by atoms with van der Waals surface area (Å²) in [5, 5.41) is 2.42. The summed E-state index contributed by atoms with van der Waals surface area (Å²) >= 11 is 1.40. The molecule has 2 N–H and O–H groups in total. The molecule has 18 heavy (non-hydrogen) atoms. The monoisotopic (exact) mass is 267 g/mol. The van der Waals surface area contributed by atoms with Gasteiger partial charge in [-0.3, -0.25) is 4.79 Å². The Labute approximate surface area is 112 Å². The Balaban J connectivity index is 1.91. The van der Waals surface area contributed by atoms with E-state index in [1.807, 2.05) is 10.3 Å². The third-order valence-corrected chi connectivity index (χ3v) is 3.88. The zero-order chi connectivity index (χ0) is 13.1. The number of thiazole rings is 1. The van der Waals surface area contributed by atoms with Crippen LogP contribution in [-0.4, -0.2) is 28.4 Å². The number of rotatable bonds is 6. The van der Waals surface area contributed by atoms with E-state index in [4.69, 9.17) is 5.73 Å². The molecule has 1 aromatic heterocycles. The number of anilines is 1. The average molecular weight is 267 g/mol. The lowest BCUT2D eigenvalue weighted by atomic mass is 10.1. The van der Waals surface area contributed by atoms with E-state index >= 15 is 0 Å². The minimum atomic E-state index is 0.198. The number of carbonyl (C=O) groups excluding carboxylic acids is 1. The Morgan fingerprint density at radius 1 is 1.61 bits per heavy atom. The molecule has 4 nitrogen and oxygen atoms in total. The number of nitrogens with zero attached hydrogens (tertiary/aromatic N) is 2. The largest absolute Gasteiger partial charge is 0.375 e. The first kappa shape index (κ1) is 13.3. The van der Waals surface area contributed by atoms with Crippen molar-refractivity contribution in [2.45, 2.75) is 45.6 Å². The van der Waals surface area contributed by atoms with E-state index in [0.717, 1.165) is 31.5 Å². The zero-order valence-electron chi connectivity index (χ0n) is 11.1. The Morgan fingerprint density at radius 2 is 2.33 bits per heavy atom. The number of aromatic nitrogens is 1. The molecule has 1 amide bonds. The standard InChI is InChI=1S/C13H21N3OS/c1-9(2)5-6-16(11-3-4-11)12(17)7-10-8-18-13(14)15-10/h8-9,11H,3-7H2,1-2H3,(H2,14,15). The molecule has 100 valence electrons. The Bertz CT molecular complexity index is 412. The van der Waals surface area contributed by atoms with Crippen LogP contribution >= 0.6 is 11.3 Å². The summed E-state index contributed by atoms with van der Waals surface area (Å²) in [5.41, 5.74) is 6.39. The predicted molar refractivity (Wildman–Crippen MR) is 74.4 cm³/mol. The number of hydrogen-bond donors (Lipinski definition) is 1. The second-order valence-corrected chi connectivity index (χ2v) is 6.24. The SMILES string of the molecule is CC(C)CCN(C(=O)Cc1csc(N)n1)C1CC1. The van der Waals surface area contributed by atoms with Crippen molar-refractivity contribution in [3.8, 4) is 0 Å². The van der Waals surface area contributed by atoms with Gasteiger partial charge >= 0.3 is 0 Å². The Morgan fingerprint density at radius 3 is 2.83 bits per heavy atom. The molecule has 5 heteroatoms. The third-order valence-electron chi connectivity index (χ3n) is 3.16. The zero-order valence-corrected chi connectivity index (χ0v) is 11.9. The second-order valence-electron chi connectivity index (χ2n) is 5.35. The van der Waals surface area contributed by atoms with Crippen molar-refractivity contribution in [1.82, 2.24) is 9.88 Å². The highest BCUT2D eigenvalue weighted by atomic mass is 32.1. The fourth-order valence-electron chi connectivity index (χ4n) is 1.95. The highest BCUT2D eigenvalue weighted by Crippen LogP contribution is 2.28. The minimum absolute atomic E-state index is 0.198. The summed E-state index contributed by atoms with van der Waals surface area (Å²) in [6.07, 6.45) is 3.77. The van der Waals surface area contributed by atoms with Gasteiger partial charge in [-0.15, -0.1) is 11.3 Å². The van der Waals surface area contributed by atoms with Gasteiger partial charge in [0.05, 0.1) is 12.1 Å². The maximum Gasteiger partial charge on any atom is 0.228 e. The Kier molecular flexibility index (Phi) is 4.22. The molecular weight excluding hydrogens is 246 g/mol. The molecule has 0 unspecified atom stereocenters. The fraction of sp³-hybridized carbons (Fsp3) is 0.692. The number of carbonyl (C=O) groups is 1. The summed E-state index contributed by atoms with van der Waals surface area (Å²) in [6, 6.07) is 0.479. The molecular formula is C13H21N3OS. The molecule has 1 fully saturated rings. The first-order valence-corrected chi connectivity index (χ1v) is 7.43. The van der Waals surface area contributed by atoms with Crippen LogP contribution in [0.2, 0.25) is 0 Å². The molecule has 0 aromatic carbocycles. The molecule has 0 bridgehead atoms. The lowest BCUT2D eigenvalue weighted by molar-refractivity contribution is -0.131. The van der Waals surface area contributed by atoms with Gasteiger partial charge in [0.25, 0.3) is 0 Å². The molecule has 1 aliphatic rings. The van der Waals surface area contributed by atoms with Gasteiger partial charge in [-0.05, 0) is 25.2 Å². The van der Waals surface area contributed by atoms with Crippen LogP contribution in [0, 0.1) is 5.92 Å². The van der Waals surface area contributed by atoms with E-state index in [-0.39, 0.29) is 5.91 Å². The highest BCUT2D eigenvalue weighted by Gasteiger charge is 2.32. The number of hydrogen-bond acceptors (Lipinski definition) is 4. The second kappa shape index (κ2) is 5.69. The van der Waals surface area contributed by atoms with E-state index in [2.05, 4.69) is 18.8 Å². The van der Waals surface area contributed by atoms with Crippen LogP contribution in [0.1, 0.15) is 38.8 Å². The maximum atomic E-state index is 12.3. The summed E-state index contributed by atoms with van der Waals surface area (Å²) in [4.78, 5) is 18.5. The molecule has 0 atom stereocenters. The average Bonchev–Trinajstić information content (AvgIpc) is 3.03. The van der Waals surface area contributed by atoms with Gasteiger partial charge in [-0.1, -0.05) is 13.8 Å². The molecule has 1 saturated carbocycles.